The van der Waals surface area contributed by atoms with Crippen LogP contribution in [0.3, 0.4) is 0 Å². The molecule has 0 atom stereocenters. The summed E-state index contributed by atoms with van der Waals surface area (Å²) in [6.07, 6.45) is 0. The van der Waals surface area contributed by atoms with Crippen LogP contribution in [0.4, 0.5) is 34.1 Å². The van der Waals surface area contributed by atoms with Gasteiger partial charge >= 0.3 is 0 Å². The third-order valence-electron chi connectivity index (χ3n) is 10.9. The molecule has 5 heterocycles. The van der Waals surface area contributed by atoms with Gasteiger partial charge in [0.25, 0.3) is 6.71 Å². The monoisotopic (exact) mass is 639 g/mol. The smallest absolute Gasteiger partial charge is 0.252 e. The van der Waals surface area contributed by atoms with Crippen molar-refractivity contribution in [3.8, 4) is 0 Å². The van der Waals surface area contributed by atoms with E-state index in [1.54, 1.807) is 0 Å². The number of nitrogens with zero attached hydrogens (tertiary/aromatic N) is 3. The van der Waals surface area contributed by atoms with Crippen LogP contribution < -0.4 is 26.2 Å². The first kappa shape index (κ1) is 26.0. The Labute approximate surface area is 286 Å². The molecule has 0 N–H and O–H groups in total. The average Bonchev–Trinajstić information content (AvgIpc) is 3.87. The minimum atomic E-state index is 0.0638. The van der Waals surface area contributed by atoms with E-state index in [1.807, 2.05) is 11.3 Å². The number of fused-ring (bicyclic) bond motifs is 13. The summed E-state index contributed by atoms with van der Waals surface area (Å²) in [6.45, 7) is 0.0638. The molecule has 0 radical (unpaired) electrons. The molecule has 10 aromatic rings. The van der Waals surface area contributed by atoms with E-state index in [0.29, 0.717) is 0 Å². The minimum absolute atomic E-state index is 0.0638. The first-order chi connectivity index (χ1) is 24.4. The summed E-state index contributed by atoms with van der Waals surface area (Å²) in [5.41, 5.74) is 15.3. The predicted molar refractivity (Wildman–Crippen MR) is 211 cm³/mol. The molecule has 226 valence electrons. The van der Waals surface area contributed by atoms with Gasteiger partial charge in [-0.3, -0.25) is 0 Å². The van der Waals surface area contributed by atoms with Gasteiger partial charge in [-0.2, -0.15) is 0 Å². The number of rotatable bonds is 2. The van der Waals surface area contributed by atoms with Crippen molar-refractivity contribution in [3.05, 3.63) is 157 Å². The second-order valence-electron chi connectivity index (χ2n) is 13.3. The molecule has 12 rings (SSSR count). The maximum atomic E-state index is 2.56. The van der Waals surface area contributed by atoms with Crippen molar-refractivity contribution in [1.29, 1.82) is 0 Å². The Bertz CT molecular complexity index is 2960. The van der Waals surface area contributed by atoms with Gasteiger partial charge in [0.2, 0.25) is 0 Å². The Balaban J connectivity index is 1.29. The van der Waals surface area contributed by atoms with Gasteiger partial charge in [-0.25, -0.2) is 0 Å². The van der Waals surface area contributed by atoms with Crippen LogP contribution in [0, 0.1) is 0 Å². The van der Waals surface area contributed by atoms with Gasteiger partial charge in [-0.15, -0.1) is 11.3 Å². The molecule has 0 unspecified atom stereocenters. The molecule has 5 heteroatoms. The van der Waals surface area contributed by atoms with E-state index in [2.05, 4.69) is 171 Å². The molecule has 0 aliphatic carbocycles. The van der Waals surface area contributed by atoms with Crippen LogP contribution in [0.1, 0.15) is 0 Å². The third-order valence-corrected chi connectivity index (χ3v) is 11.9. The number of benzene rings is 7. The molecule has 0 fully saturated rings. The highest BCUT2D eigenvalue weighted by molar-refractivity contribution is 7.18. The fraction of sp³-hybridized carbons (Fsp3) is 0. The Morgan fingerprint density at radius 2 is 1.04 bits per heavy atom. The molecule has 0 saturated carbocycles. The molecule has 0 spiro atoms. The van der Waals surface area contributed by atoms with Crippen LogP contribution in [0.5, 0.6) is 0 Å². The fourth-order valence-electron chi connectivity index (χ4n) is 9.11. The molecule has 2 aliphatic rings. The standard InChI is InChI=1S/C44H26BN3S/c1-3-11-28(12-4-1)46-37-19-10-20-38-39(37)45(35-23-21-27-25-26-49-44(27)43(35)47(38)29-13-5-2-6-14-29)34-24-22-33-32-17-9-16-31-30-15-7-8-18-36(30)48(40(31)32)41(33)42(34)46/h1-26H. The van der Waals surface area contributed by atoms with Gasteiger partial charge in [0, 0.05) is 44.3 Å². The molecule has 49 heavy (non-hydrogen) atoms. The van der Waals surface area contributed by atoms with Crippen molar-refractivity contribution < 1.29 is 0 Å². The normalized spacial score (nSPS) is 13.6. The molecule has 0 amide bonds. The molecule has 3 nitrogen and oxygen atoms in total. The van der Waals surface area contributed by atoms with Crippen LogP contribution in [-0.2, 0) is 0 Å². The van der Waals surface area contributed by atoms with Gasteiger partial charge < -0.3 is 14.2 Å². The van der Waals surface area contributed by atoms with E-state index in [1.165, 1.54) is 98.7 Å². The van der Waals surface area contributed by atoms with Crippen LogP contribution in [0.15, 0.2) is 157 Å². The van der Waals surface area contributed by atoms with Crippen molar-refractivity contribution in [2.75, 3.05) is 9.80 Å². The minimum Gasteiger partial charge on any atom is -0.310 e. The summed E-state index contributed by atoms with van der Waals surface area (Å²) < 4.78 is 3.89. The maximum Gasteiger partial charge on any atom is 0.252 e. The van der Waals surface area contributed by atoms with Gasteiger partial charge in [-0.05, 0) is 75.7 Å². The van der Waals surface area contributed by atoms with E-state index in [-0.39, 0.29) is 6.71 Å². The quantitative estimate of drug-likeness (QED) is 0.174. The molecule has 3 aromatic heterocycles. The van der Waals surface area contributed by atoms with Crippen molar-refractivity contribution in [2.24, 2.45) is 0 Å². The Hall–Kier alpha value is -6.04. The van der Waals surface area contributed by atoms with Crippen LogP contribution in [-0.4, -0.2) is 11.1 Å². The second kappa shape index (κ2) is 9.31. The zero-order valence-corrected chi connectivity index (χ0v) is 27.2. The highest BCUT2D eigenvalue weighted by atomic mass is 32.1. The van der Waals surface area contributed by atoms with E-state index >= 15 is 0 Å². The van der Waals surface area contributed by atoms with Gasteiger partial charge in [-0.1, -0.05) is 103 Å². The largest absolute Gasteiger partial charge is 0.310 e. The Morgan fingerprint density at radius 3 is 1.82 bits per heavy atom. The van der Waals surface area contributed by atoms with Crippen LogP contribution in [0.2, 0.25) is 0 Å². The molecule has 7 aromatic carbocycles. The second-order valence-corrected chi connectivity index (χ2v) is 14.2. The molecular formula is C44H26BN3S. The van der Waals surface area contributed by atoms with E-state index in [0.717, 1.165) is 0 Å². The Kier molecular flexibility index (Phi) is 4.94. The van der Waals surface area contributed by atoms with E-state index < -0.39 is 0 Å². The fourth-order valence-corrected chi connectivity index (χ4v) is 10.1. The molecule has 0 saturated heterocycles. The van der Waals surface area contributed by atoms with Crippen LogP contribution >= 0.6 is 11.3 Å². The van der Waals surface area contributed by atoms with Crippen molar-refractivity contribution >= 4 is 117 Å². The lowest BCUT2D eigenvalue weighted by Crippen LogP contribution is -2.61. The predicted octanol–water partition coefficient (Wildman–Crippen LogP) is 10.1. The molecular weight excluding hydrogens is 613 g/mol. The summed E-state index contributed by atoms with van der Waals surface area (Å²) >= 11 is 1.84. The lowest BCUT2D eigenvalue weighted by atomic mass is 9.33. The number of hydrogen-bond donors (Lipinski definition) is 0. The summed E-state index contributed by atoms with van der Waals surface area (Å²) in [4.78, 5) is 5.07. The molecule has 2 aliphatic heterocycles. The van der Waals surface area contributed by atoms with E-state index in [9.17, 15) is 0 Å². The highest BCUT2D eigenvalue weighted by Gasteiger charge is 2.45. The lowest BCUT2D eigenvalue weighted by Gasteiger charge is -2.44. The van der Waals surface area contributed by atoms with Gasteiger partial charge in [0.1, 0.15) is 0 Å². The Morgan fingerprint density at radius 1 is 0.449 bits per heavy atom. The third kappa shape index (κ3) is 3.19. The van der Waals surface area contributed by atoms with Gasteiger partial charge in [0.15, 0.2) is 0 Å². The van der Waals surface area contributed by atoms with Crippen molar-refractivity contribution in [1.82, 2.24) is 4.40 Å². The SMILES string of the molecule is c1ccc(N2c3cccc4c3B(c3ccc5ccsc5c32)c2ccc3c5cccc6c7ccccc7n(c3c2N4c2ccccc2)c65)cc1. The van der Waals surface area contributed by atoms with Gasteiger partial charge in [0.05, 0.1) is 32.6 Å². The summed E-state index contributed by atoms with van der Waals surface area (Å²) in [7, 11) is 0. The number of hydrogen-bond acceptors (Lipinski definition) is 3. The van der Waals surface area contributed by atoms with E-state index in [4.69, 9.17) is 0 Å². The molecule has 0 bridgehead atoms. The zero-order valence-electron chi connectivity index (χ0n) is 26.3. The maximum absolute atomic E-state index is 2.56. The number of thiophene rings is 1. The average molecular weight is 640 g/mol. The van der Waals surface area contributed by atoms with Crippen molar-refractivity contribution in [2.45, 2.75) is 0 Å². The number of anilines is 6. The summed E-state index contributed by atoms with van der Waals surface area (Å²) in [5.74, 6) is 0. The topological polar surface area (TPSA) is 10.9 Å². The summed E-state index contributed by atoms with van der Waals surface area (Å²) in [5, 5.41) is 8.73. The van der Waals surface area contributed by atoms with Crippen LogP contribution in [0.25, 0.3) is 48.2 Å². The number of para-hydroxylation sites is 4. The van der Waals surface area contributed by atoms with Crippen molar-refractivity contribution in [3.63, 3.8) is 0 Å². The number of aromatic nitrogens is 1. The highest BCUT2D eigenvalue weighted by Crippen LogP contribution is 2.49. The zero-order chi connectivity index (χ0) is 31.8. The summed E-state index contributed by atoms with van der Waals surface area (Å²) in [6, 6.07) is 56.3. The first-order valence-electron chi connectivity index (χ1n) is 16.9. The first-order valence-corrected chi connectivity index (χ1v) is 17.8. The lowest BCUT2D eigenvalue weighted by molar-refractivity contribution is 1.25.